The van der Waals surface area contributed by atoms with E-state index in [2.05, 4.69) is 4.98 Å². The molecule has 1 amide bonds. The second kappa shape index (κ2) is 4.49. The minimum atomic E-state index is -0.322. The molecule has 0 bridgehead atoms. The molecule has 1 aliphatic rings. The number of nitrogens with zero attached hydrogens (tertiary/aromatic N) is 2. The average Bonchev–Trinajstić information content (AvgIpc) is 2.84. The normalized spacial score (nSPS) is 13.2. The molecule has 1 aliphatic heterocycles. The number of carbonyl (C=O) groups excluding carboxylic acids is 1. The van der Waals surface area contributed by atoms with Crippen molar-refractivity contribution in [2.75, 3.05) is 0 Å². The maximum absolute atomic E-state index is 12.0. The third kappa shape index (κ3) is 2.05. The number of ether oxygens (including phenoxy) is 1. The third-order valence-electron chi connectivity index (χ3n) is 2.95. The van der Waals surface area contributed by atoms with Crippen molar-refractivity contribution in [1.29, 1.82) is 0 Å². The van der Waals surface area contributed by atoms with Crippen LogP contribution in [0.2, 0.25) is 0 Å². The van der Waals surface area contributed by atoms with Crippen molar-refractivity contribution in [2.24, 2.45) is 0 Å². The van der Waals surface area contributed by atoms with Crippen LogP contribution >= 0.6 is 0 Å². The highest BCUT2D eigenvalue weighted by Crippen LogP contribution is 2.23. The van der Waals surface area contributed by atoms with E-state index < -0.39 is 0 Å². The lowest BCUT2D eigenvalue weighted by molar-refractivity contribution is 0.152. The van der Waals surface area contributed by atoms with E-state index >= 15 is 0 Å². The smallest absolute Gasteiger partial charge is 0.410 e. The highest BCUT2D eigenvalue weighted by molar-refractivity contribution is 5.71. The number of aromatic nitrogens is 1. The molecule has 1 aromatic carbocycles. The van der Waals surface area contributed by atoms with Gasteiger partial charge in [0.2, 0.25) is 0 Å². The van der Waals surface area contributed by atoms with Gasteiger partial charge in [-0.2, -0.15) is 0 Å². The first-order valence-electron chi connectivity index (χ1n) is 5.76. The maximum Gasteiger partial charge on any atom is 0.415 e. The van der Waals surface area contributed by atoms with Crippen molar-refractivity contribution >= 4 is 6.09 Å². The summed E-state index contributed by atoms with van der Waals surface area (Å²) in [5, 5.41) is 0. The van der Waals surface area contributed by atoms with Crippen LogP contribution in [-0.2, 0) is 13.1 Å². The van der Waals surface area contributed by atoms with Gasteiger partial charge < -0.3 is 4.74 Å². The van der Waals surface area contributed by atoms with Crippen molar-refractivity contribution < 1.29 is 9.53 Å². The lowest BCUT2D eigenvalue weighted by Crippen LogP contribution is -2.28. The number of hydrogen-bond donors (Lipinski definition) is 0. The Balaban J connectivity index is 1.70. The van der Waals surface area contributed by atoms with Gasteiger partial charge in [-0.25, -0.2) is 4.79 Å². The highest BCUT2D eigenvalue weighted by Gasteiger charge is 2.24. The lowest BCUT2D eigenvalue weighted by Gasteiger charge is -2.14. The Hall–Kier alpha value is -2.36. The quantitative estimate of drug-likeness (QED) is 0.769. The number of amides is 1. The molecule has 0 atom stereocenters. The number of fused-ring (bicyclic) bond motifs is 1. The van der Waals surface area contributed by atoms with E-state index in [0.29, 0.717) is 18.8 Å². The van der Waals surface area contributed by atoms with Crippen molar-refractivity contribution in [3.63, 3.8) is 0 Å². The van der Waals surface area contributed by atoms with Gasteiger partial charge in [0.15, 0.2) is 0 Å². The fourth-order valence-corrected chi connectivity index (χ4v) is 2.03. The number of benzene rings is 1. The van der Waals surface area contributed by atoms with Crippen LogP contribution < -0.4 is 4.74 Å². The van der Waals surface area contributed by atoms with Crippen molar-refractivity contribution in [1.82, 2.24) is 9.88 Å². The number of pyridine rings is 1. The van der Waals surface area contributed by atoms with Crippen molar-refractivity contribution in [2.45, 2.75) is 13.1 Å². The van der Waals surface area contributed by atoms with E-state index in [9.17, 15) is 4.79 Å². The number of rotatable bonds is 1. The zero-order valence-electron chi connectivity index (χ0n) is 9.74. The monoisotopic (exact) mass is 240 g/mol. The molecule has 0 radical (unpaired) electrons. The molecule has 0 spiro atoms. The summed E-state index contributed by atoms with van der Waals surface area (Å²) in [5.74, 6) is 0.519. The average molecular weight is 240 g/mol. The summed E-state index contributed by atoms with van der Waals surface area (Å²) in [4.78, 5) is 17.5. The molecule has 4 nitrogen and oxygen atoms in total. The number of carbonyl (C=O) groups is 1. The summed E-state index contributed by atoms with van der Waals surface area (Å²) in [6, 6.07) is 11.4. The fourth-order valence-electron chi connectivity index (χ4n) is 2.03. The minimum absolute atomic E-state index is 0.322. The SMILES string of the molecule is O=C(Oc1ccncc1)N1Cc2ccccc2C1. The molecule has 0 N–H and O–H groups in total. The third-order valence-corrected chi connectivity index (χ3v) is 2.95. The molecule has 0 aliphatic carbocycles. The molecule has 0 saturated carbocycles. The Kier molecular flexibility index (Phi) is 2.68. The van der Waals surface area contributed by atoms with Gasteiger partial charge in [-0.1, -0.05) is 24.3 Å². The molecule has 0 unspecified atom stereocenters. The molecule has 1 aromatic heterocycles. The number of hydrogen-bond acceptors (Lipinski definition) is 3. The Bertz CT molecular complexity index is 544. The molecule has 2 heterocycles. The lowest BCUT2D eigenvalue weighted by atomic mass is 10.1. The molecular formula is C14H12N2O2. The topological polar surface area (TPSA) is 42.4 Å². The summed E-state index contributed by atoms with van der Waals surface area (Å²) in [6.45, 7) is 1.22. The van der Waals surface area contributed by atoms with Crippen LogP contribution in [0.5, 0.6) is 5.75 Å². The van der Waals surface area contributed by atoms with E-state index in [1.807, 2.05) is 24.3 Å². The first kappa shape index (κ1) is 10.8. The maximum atomic E-state index is 12.0. The van der Waals surface area contributed by atoms with Crippen LogP contribution in [-0.4, -0.2) is 16.0 Å². The van der Waals surface area contributed by atoms with Gasteiger partial charge in [0.1, 0.15) is 5.75 Å². The van der Waals surface area contributed by atoms with E-state index in [-0.39, 0.29) is 6.09 Å². The van der Waals surface area contributed by atoms with Crippen LogP contribution in [0.1, 0.15) is 11.1 Å². The molecule has 4 heteroatoms. The second-order valence-corrected chi connectivity index (χ2v) is 4.18. The van der Waals surface area contributed by atoms with Crippen molar-refractivity contribution in [3.05, 3.63) is 59.9 Å². The van der Waals surface area contributed by atoms with Gasteiger partial charge in [0, 0.05) is 25.5 Å². The molecule has 3 rings (SSSR count). The minimum Gasteiger partial charge on any atom is -0.410 e. The van der Waals surface area contributed by atoms with Gasteiger partial charge >= 0.3 is 6.09 Å². The first-order valence-corrected chi connectivity index (χ1v) is 5.76. The van der Waals surface area contributed by atoms with Crippen LogP contribution in [0.15, 0.2) is 48.8 Å². The van der Waals surface area contributed by atoms with Gasteiger partial charge in [-0.15, -0.1) is 0 Å². The highest BCUT2D eigenvalue weighted by atomic mass is 16.6. The Labute approximate surface area is 105 Å². The first-order chi connectivity index (χ1) is 8.83. The summed E-state index contributed by atoms with van der Waals surface area (Å²) >= 11 is 0. The van der Waals surface area contributed by atoms with Crippen LogP contribution in [0, 0.1) is 0 Å². The molecule has 0 saturated heterocycles. The van der Waals surface area contributed by atoms with Crippen LogP contribution in [0.25, 0.3) is 0 Å². The molecule has 90 valence electrons. The van der Waals surface area contributed by atoms with E-state index in [1.54, 1.807) is 29.4 Å². The predicted molar refractivity (Wildman–Crippen MR) is 66.0 cm³/mol. The van der Waals surface area contributed by atoms with Crippen LogP contribution in [0.3, 0.4) is 0 Å². The fraction of sp³-hybridized carbons (Fsp3) is 0.143. The largest absolute Gasteiger partial charge is 0.415 e. The van der Waals surface area contributed by atoms with Gasteiger partial charge in [-0.3, -0.25) is 9.88 Å². The standard InChI is InChI=1S/C14H12N2O2/c17-14(18-13-5-7-15-8-6-13)16-9-11-3-1-2-4-12(11)10-16/h1-8H,9-10H2. The van der Waals surface area contributed by atoms with E-state index in [4.69, 9.17) is 4.74 Å². The van der Waals surface area contributed by atoms with E-state index in [1.165, 1.54) is 11.1 Å². The molecular weight excluding hydrogens is 228 g/mol. The van der Waals surface area contributed by atoms with Gasteiger partial charge in [-0.05, 0) is 23.3 Å². The molecule has 0 fully saturated rings. The Morgan fingerprint density at radius 3 is 2.28 bits per heavy atom. The summed E-state index contributed by atoms with van der Waals surface area (Å²) in [5.41, 5.74) is 2.37. The summed E-state index contributed by atoms with van der Waals surface area (Å²) in [6.07, 6.45) is 2.88. The Morgan fingerprint density at radius 2 is 1.67 bits per heavy atom. The van der Waals surface area contributed by atoms with Crippen molar-refractivity contribution in [3.8, 4) is 5.75 Å². The Morgan fingerprint density at radius 1 is 1.06 bits per heavy atom. The van der Waals surface area contributed by atoms with Crippen LogP contribution in [0.4, 0.5) is 4.79 Å². The second-order valence-electron chi connectivity index (χ2n) is 4.18. The van der Waals surface area contributed by atoms with Gasteiger partial charge in [0.05, 0.1) is 0 Å². The molecule has 18 heavy (non-hydrogen) atoms. The zero-order chi connectivity index (χ0) is 12.4. The molecule has 2 aromatic rings. The zero-order valence-corrected chi connectivity index (χ0v) is 9.74. The summed E-state index contributed by atoms with van der Waals surface area (Å²) < 4.78 is 5.28. The van der Waals surface area contributed by atoms with Gasteiger partial charge in [0.25, 0.3) is 0 Å². The predicted octanol–water partition coefficient (Wildman–Crippen LogP) is 2.60. The van der Waals surface area contributed by atoms with E-state index in [0.717, 1.165) is 0 Å². The summed E-state index contributed by atoms with van der Waals surface area (Å²) in [7, 11) is 0.